The van der Waals surface area contributed by atoms with Gasteiger partial charge in [-0.25, -0.2) is 0 Å². The van der Waals surface area contributed by atoms with Crippen LogP contribution in [0, 0.1) is 0 Å². The first-order chi connectivity index (χ1) is 21.7. The summed E-state index contributed by atoms with van der Waals surface area (Å²) in [5.74, 6) is 0. The third-order valence-corrected chi connectivity index (χ3v) is 12.6. The predicted octanol–water partition coefficient (Wildman–Crippen LogP) is 8.49. The van der Waals surface area contributed by atoms with Crippen LogP contribution in [-0.2, 0) is 37.2 Å². The summed E-state index contributed by atoms with van der Waals surface area (Å²) in [7, 11) is -2.74. The molecule has 0 atom stereocenters. The van der Waals surface area contributed by atoms with Crippen molar-refractivity contribution >= 4 is 28.5 Å². The maximum absolute atomic E-state index is 6.98. The van der Waals surface area contributed by atoms with Crippen LogP contribution in [0.5, 0.6) is 0 Å². The van der Waals surface area contributed by atoms with E-state index in [0.29, 0.717) is 0 Å². The largest absolute Gasteiger partial charge is 0.493 e. The maximum atomic E-state index is 6.98. The lowest BCUT2D eigenvalue weighted by atomic mass is 9.50. The molecular weight excluding hydrogens is 604 g/mol. The molecule has 0 radical (unpaired) electrons. The highest BCUT2D eigenvalue weighted by atomic mass is 16.7. The molecule has 4 fully saturated rings. The minimum Gasteiger partial charge on any atom is -0.400 e. The van der Waals surface area contributed by atoms with Gasteiger partial charge in [-0.3, -0.25) is 0 Å². The van der Waals surface area contributed by atoms with Crippen LogP contribution in [0.15, 0.2) is 21.9 Å². The molecular formula is C36H66B4O8. The molecule has 0 N–H and O–H groups in total. The molecule has 270 valence electrons. The summed E-state index contributed by atoms with van der Waals surface area (Å²) in [5.41, 5.74) is -0.834. The van der Waals surface area contributed by atoms with Gasteiger partial charge in [0, 0.05) is 0 Å². The van der Waals surface area contributed by atoms with E-state index in [-0.39, 0.29) is 0 Å². The van der Waals surface area contributed by atoms with Crippen LogP contribution < -0.4 is 0 Å². The maximum Gasteiger partial charge on any atom is 0.493 e. The average molecular weight is 670 g/mol. The number of allylic oxidation sites excluding steroid dienone is 4. The van der Waals surface area contributed by atoms with E-state index in [4.69, 9.17) is 37.2 Å². The SMILES string of the molecule is CCCC/C(B1OC(C)(C)C(C)(C)O1)=C(B1OC(C)(C)C(C)(C)O1)\C(B1OC(C)(C)C(C)(C)O1)=C(\CCCC)B1OC(C)(C)C(C)(C)O1. The minimum absolute atomic E-state index is 0.541. The van der Waals surface area contributed by atoms with Crippen molar-refractivity contribution in [2.24, 2.45) is 0 Å². The Morgan fingerprint density at radius 1 is 0.333 bits per heavy atom. The Labute approximate surface area is 295 Å². The predicted molar refractivity (Wildman–Crippen MR) is 197 cm³/mol. The third kappa shape index (κ3) is 7.22. The van der Waals surface area contributed by atoms with Gasteiger partial charge in [-0.15, -0.1) is 0 Å². The van der Waals surface area contributed by atoms with Gasteiger partial charge in [0.25, 0.3) is 0 Å². The lowest BCUT2D eigenvalue weighted by Gasteiger charge is -2.32. The molecule has 0 aromatic heterocycles. The number of rotatable bonds is 11. The molecule has 4 rings (SSSR count). The molecule has 0 aromatic carbocycles. The highest BCUT2D eigenvalue weighted by Crippen LogP contribution is 2.50. The first-order valence-electron chi connectivity index (χ1n) is 18.5. The quantitative estimate of drug-likeness (QED) is 0.160. The first-order valence-corrected chi connectivity index (χ1v) is 18.5. The van der Waals surface area contributed by atoms with Gasteiger partial charge in [-0.05, 0) is 146 Å². The number of hydrogen-bond donors (Lipinski definition) is 0. The normalized spacial score (nSPS) is 28.6. The van der Waals surface area contributed by atoms with E-state index in [0.717, 1.165) is 60.4 Å². The summed E-state index contributed by atoms with van der Waals surface area (Å²) >= 11 is 0. The summed E-state index contributed by atoms with van der Waals surface area (Å²) in [4.78, 5) is 0. The molecule has 0 saturated carbocycles. The van der Waals surface area contributed by atoms with Crippen LogP contribution in [0.1, 0.15) is 163 Å². The summed E-state index contributed by atoms with van der Waals surface area (Å²) in [6, 6.07) is 0. The van der Waals surface area contributed by atoms with E-state index in [1.54, 1.807) is 0 Å². The van der Waals surface area contributed by atoms with Gasteiger partial charge in [-0.1, -0.05) is 39.5 Å². The van der Waals surface area contributed by atoms with E-state index in [9.17, 15) is 0 Å². The van der Waals surface area contributed by atoms with E-state index in [1.165, 1.54) is 0 Å². The molecule has 0 bridgehead atoms. The topological polar surface area (TPSA) is 73.8 Å². The summed E-state index contributed by atoms with van der Waals surface area (Å²) in [6.45, 7) is 37.9. The van der Waals surface area contributed by atoms with Crippen molar-refractivity contribution in [2.45, 2.75) is 208 Å². The van der Waals surface area contributed by atoms with Crippen LogP contribution >= 0.6 is 0 Å². The van der Waals surface area contributed by atoms with Crippen molar-refractivity contribution in [1.82, 2.24) is 0 Å². The summed E-state index contributed by atoms with van der Waals surface area (Å²) < 4.78 is 55.3. The monoisotopic (exact) mass is 671 g/mol. The molecule has 4 heterocycles. The van der Waals surface area contributed by atoms with Crippen LogP contribution in [0.4, 0.5) is 0 Å². The summed E-state index contributed by atoms with van der Waals surface area (Å²) in [5, 5.41) is 0. The first kappa shape index (κ1) is 40.2. The van der Waals surface area contributed by atoms with Gasteiger partial charge in [0.15, 0.2) is 0 Å². The molecule has 0 spiro atoms. The Morgan fingerprint density at radius 3 is 0.708 bits per heavy atom. The van der Waals surface area contributed by atoms with Crippen molar-refractivity contribution < 1.29 is 37.2 Å². The van der Waals surface area contributed by atoms with Gasteiger partial charge in [0.05, 0.1) is 44.8 Å². The van der Waals surface area contributed by atoms with Crippen molar-refractivity contribution in [3.8, 4) is 0 Å². The Hall–Kier alpha value is -0.580. The van der Waals surface area contributed by atoms with Crippen molar-refractivity contribution in [1.29, 1.82) is 0 Å². The van der Waals surface area contributed by atoms with Crippen LogP contribution in [0.2, 0.25) is 0 Å². The Bertz CT molecular complexity index is 1110. The third-order valence-electron chi connectivity index (χ3n) is 12.6. The zero-order chi connectivity index (χ0) is 36.5. The fourth-order valence-corrected chi connectivity index (χ4v) is 6.29. The molecule has 0 aliphatic carbocycles. The van der Waals surface area contributed by atoms with Crippen LogP contribution in [0.3, 0.4) is 0 Å². The minimum atomic E-state index is -0.742. The second-order valence-corrected chi connectivity index (χ2v) is 18.4. The summed E-state index contributed by atoms with van der Waals surface area (Å²) in [6.07, 6.45) is 5.30. The fraction of sp³-hybridized carbons (Fsp3) is 0.889. The molecule has 4 saturated heterocycles. The second-order valence-electron chi connectivity index (χ2n) is 18.4. The zero-order valence-electron chi connectivity index (χ0n) is 33.8. The zero-order valence-corrected chi connectivity index (χ0v) is 33.8. The van der Waals surface area contributed by atoms with Gasteiger partial charge in [0.2, 0.25) is 0 Å². The second kappa shape index (κ2) is 13.1. The molecule has 8 nitrogen and oxygen atoms in total. The lowest BCUT2D eigenvalue weighted by molar-refractivity contribution is 0.00578. The van der Waals surface area contributed by atoms with E-state index >= 15 is 0 Å². The van der Waals surface area contributed by atoms with Crippen molar-refractivity contribution in [2.75, 3.05) is 0 Å². The number of unbranched alkanes of at least 4 members (excludes halogenated alkanes) is 2. The molecule has 4 aliphatic heterocycles. The number of hydrogen-bond acceptors (Lipinski definition) is 8. The van der Waals surface area contributed by atoms with E-state index in [1.807, 2.05) is 0 Å². The lowest BCUT2D eigenvalue weighted by Crippen LogP contribution is -2.41. The average Bonchev–Trinajstić information content (AvgIpc) is 3.45. The molecule has 48 heavy (non-hydrogen) atoms. The Balaban J connectivity index is 2.12. The van der Waals surface area contributed by atoms with E-state index in [2.05, 4.69) is 125 Å². The van der Waals surface area contributed by atoms with Crippen LogP contribution in [-0.4, -0.2) is 73.3 Å². The van der Waals surface area contributed by atoms with Crippen molar-refractivity contribution in [3.63, 3.8) is 0 Å². The van der Waals surface area contributed by atoms with Crippen LogP contribution in [0.25, 0.3) is 0 Å². The molecule has 12 heteroatoms. The van der Waals surface area contributed by atoms with Crippen molar-refractivity contribution in [3.05, 3.63) is 21.9 Å². The molecule has 0 unspecified atom stereocenters. The van der Waals surface area contributed by atoms with Gasteiger partial charge in [0.1, 0.15) is 0 Å². The fourth-order valence-electron chi connectivity index (χ4n) is 6.29. The highest BCUT2D eigenvalue weighted by Gasteiger charge is 2.62. The molecule has 0 aromatic rings. The molecule has 4 aliphatic rings. The smallest absolute Gasteiger partial charge is 0.400 e. The highest BCUT2D eigenvalue weighted by molar-refractivity contribution is 6.71. The van der Waals surface area contributed by atoms with E-state index < -0.39 is 73.3 Å². The van der Waals surface area contributed by atoms with Gasteiger partial charge < -0.3 is 37.2 Å². The standard InChI is InChI=1S/C36H66B4O8/c1-19-21-23-25(37-41-29(3,4)30(5,6)42-37)27(39-45-33(11,12)34(13,14)46-39)28(40-47-35(15,16)36(17,18)48-40)26(24-22-20-2)38-43-31(7,8)32(9,10)44-38/h19-24H2,1-18H3/b27-25-,28-26+. The van der Waals surface area contributed by atoms with Gasteiger partial charge >= 0.3 is 28.5 Å². The molecule has 0 amide bonds. The Morgan fingerprint density at radius 2 is 0.521 bits per heavy atom. The Kier molecular flexibility index (Phi) is 11.0. The van der Waals surface area contributed by atoms with Gasteiger partial charge in [-0.2, -0.15) is 0 Å².